The summed E-state index contributed by atoms with van der Waals surface area (Å²) in [4.78, 5) is 24.7. The zero-order valence-electron chi connectivity index (χ0n) is 16.2. The van der Waals surface area contributed by atoms with Gasteiger partial charge in [0, 0.05) is 12.5 Å². The third kappa shape index (κ3) is 5.50. The highest BCUT2D eigenvalue weighted by Gasteiger charge is 2.67. The number of halogens is 9. The molecule has 0 aromatic heterocycles. The predicted molar refractivity (Wildman–Crippen MR) is 110 cm³/mol. The van der Waals surface area contributed by atoms with Crippen LogP contribution >= 0.6 is 34.8 Å². The Morgan fingerprint density at radius 2 is 1.67 bits per heavy atom. The quantitative estimate of drug-likeness (QED) is 0.355. The number of hydrogen-bond acceptors (Lipinski definition) is 2. The van der Waals surface area contributed by atoms with Crippen LogP contribution in [-0.4, -0.2) is 28.9 Å². The minimum absolute atomic E-state index is 0.228. The summed E-state index contributed by atoms with van der Waals surface area (Å²) in [6.07, 6.45) is -5.98. The molecule has 0 radical (unpaired) electrons. The number of nitrogens with one attached hydrogen (secondary N) is 2. The highest BCUT2D eigenvalue weighted by atomic mass is 35.5. The van der Waals surface area contributed by atoms with E-state index in [9.17, 15) is 35.9 Å². The fraction of sp³-hybridized carbons (Fsp3) is 0.300. The van der Waals surface area contributed by atoms with Gasteiger partial charge in [-0.3, -0.25) is 9.59 Å². The average Bonchev–Trinajstić information content (AvgIpc) is 3.27. The lowest BCUT2D eigenvalue weighted by Crippen LogP contribution is -2.30. The van der Waals surface area contributed by atoms with Gasteiger partial charge in [0.2, 0.25) is 5.91 Å². The van der Waals surface area contributed by atoms with Crippen molar-refractivity contribution in [3.8, 4) is 0 Å². The maximum absolute atomic E-state index is 14.7. The van der Waals surface area contributed by atoms with Crippen LogP contribution in [0.1, 0.15) is 28.3 Å². The van der Waals surface area contributed by atoms with Crippen molar-refractivity contribution in [3.05, 3.63) is 63.9 Å². The molecule has 1 fully saturated rings. The van der Waals surface area contributed by atoms with Crippen molar-refractivity contribution in [1.29, 1.82) is 0 Å². The van der Waals surface area contributed by atoms with E-state index in [-0.39, 0.29) is 5.02 Å². The molecule has 0 heterocycles. The molecule has 178 valence electrons. The second-order valence-corrected chi connectivity index (χ2v) is 9.05. The van der Waals surface area contributed by atoms with Crippen LogP contribution in [0, 0.1) is 23.4 Å². The van der Waals surface area contributed by atoms with Crippen LogP contribution in [-0.2, 0) is 4.79 Å². The molecule has 33 heavy (non-hydrogen) atoms. The first kappa shape index (κ1) is 25.5. The molecule has 3 rings (SSSR count). The molecule has 2 aromatic carbocycles. The molecule has 4 nitrogen and oxygen atoms in total. The number of alkyl halides is 5. The normalized spacial score (nSPS) is 19.2. The van der Waals surface area contributed by atoms with Crippen LogP contribution in [0.25, 0.3) is 0 Å². The van der Waals surface area contributed by atoms with Crippen LogP contribution in [0.5, 0.6) is 0 Å². The number of rotatable bonds is 6. The molecule has 0 spiro atoms. The van der Waals surface area contributed by atoms with Gasteiger partial charge < -0.3 is 10.6 Å². The SMILES string of the molecule is O=C(NCCC(F)(F)F)c1c(F)ccc(NC(=O)C2C(c3ccc(F)c(Cl)c3)C2(Cl)Cl)c1F. The van der Waals surface area contributed by atoms with Gasteiger partial charge in [0.1, 0.15) is 21.5 Å². The molecule has 2 aromatic rings. The molecule has 2 atom stereocenters. The Hall–Kier alpha value is -2.17. The maximum Gasteiger partial charge on any atom is 0.390 e. The number of amides is 2. The number of carbonyl (C=O) groups excluding carboxylic acids is 2. The summed E-state index contributed by atoms with van der Waals surface area (Å²) in [5.74, 6) is -7.82. The summed E-state index contributed by atoms with van der Waals surface area (Å²) >= 11 is 18.1. The van der Waals surface area contributed by atoms with E-state index in [1.807, 2.05) is 0 Å². The van der Waals surface area contributed by atoms with E-state index < -0.39 is 75.8 Å². The molecule has 0 bridgehead atoms. The smallest absolute Gasteiger partial charge is 0.352 e. The summed E-state index contributed by atoms with van der Waals surface area (Å²) in [6.45, 7) is -0.900. The Morgan fingerprint density at radius 1 is 1.03 bits per heavy atom. The third-order valence-electron chi connectivity index (χ3n) is 4.91. The summed E-state index contributed by atoms with van der Waals surface area (Å²) in [6, 6.07) is 5.09. The van der Waals surface area contributed by atoms with E-state index >= 15 is 0 Å². The first-order valence-electron chi connectivity index (χ1n) is 9.20. The minimum Gasteiger partial charge on any atom is -0.352 e. The molecular weight excluding hydrogens is 521 g/mol. The van der Waals surface area contributed by atoms with Crippen LogP contribution in [0.4, 0.5) is 32.0 Å². The zero-order chi connectivity index (χ0) is 24.7. The van der Waals surface area contributed by atoms with Gasteiger partial charge in [0.05, 0.1) is 23.0 Å². The zero-order valence-corrected chi connectivity index (χ0v) is 18.4. The monoisotopic (exact) mass is 532 g/mol. The number of hydrogen-bond donors (Lipinski definition) is 2. The topological polar surface area (TPSA) is 58.2 Å². The van der Waals surface area contributed by atoms with Crippen LogP contribution in [0.2, 0.25) is 5.02 Å². The Labute approximate surface area is 198 Å². The molecule has 13 heteroatoms. The van der Waals surface area contributed by atoms with Crippen molar-refractivity contribution in [2.24, 2.45) is 5.92 Å². The van der Waals surface area contributed by atoms with Gasteiger partial charge in [-0.25, -0.2) is 13.2 Å². The van der Waals surface area contributed by atoms with Crippen LogP contribution in [0.15, 0.2) is 30.3 Å². The van der Waals surface area contributed by atoms with Gasteiger partial charge in [-0.15, -0.1) is 23.2 Å². The van der Waals surface area contributed by atoms with Gasteiger partial charge >= 0.3 is 6.18 Å². The second-order valence-electron chi connectivity index (χ2n) is 7.20. The van der Waals surface area contributed by atoms with Crippen molar-refractivity contribution >= 4 is 52.3 Å². The summed E-state index contributed by atoms with van der Waals surface area (Å²) in [5.41, 5.74) is -1.44. The maximum atomic E-state index is 14.7. The Kier molecular flexibility index (Phi) is 7.12. The fourth-order valence-electron chi connectivity index (χ4n) is 3.25. The second kappa shape index (κ2) is 9.23. The number of benzene rings is 2. The van der Waals surface area contributed by atoms with Crippen LogP contribution in [0.3, 0.4) is 0 Å². The Morgan fingerprint density at radius 3 is 2.27 bits per heavy atom. The molecule has 0 aliphatic heterocycles. The standard InChI is InChI=1S/C20H13Cl3F6N2O2/c21-9-7-8(1-2-10(9)24)14-15(20(14,22)23)18(33)31-12-4-3-11(25)13(16(12)26)17(32)30-6-5-19(27,28)29/h1-4,7,14-15H,5-6H2,(H,30,32)(H,31,33). The van der Waals surface area contributed by atoms with E-state index in [0.717, 1.165) is 12.1 Å². The van der Waals surface area contributed by atoms with Gasteiger partial charge in [-0.1, -0.05) is 17.7 Å². The average molecular weight is 534 g/mol. The minimum atomic E-state index is -4.58. The molecule has 2 unspecified atom stereocenters. The van der Waals surface area contributed by atoms with Gasteiger partial charge in [0.15, 0.2) is 5.82 Å². The highest BCUT2D eigenvalue weighted by molar-refractivity contribution is 6.53. The molecule has 2 N–H and O–H groups in total. The Balaban J connectivity index is 1.77. The van der Waals surface area contributed by atoms with Crippen molar-refractivity contribution in [1.82, 2.24) is 5.32 Å². The summed E-state index contributed by atoms with van der Waals surface area (Å²) in [7, 11) is 0. The van der Waals surface area contributed by atoms with Gasteiger partial charge in [0.25, 0.3) is 5.91 Å². The first-order valence-corrected chi connectivity index (χ1v) is 10.3. The summed E-state index contributed by atoms with van der Waals surface area (Å²) < 4.78 is 77.2. The van der Waals surface area contributed by atoms with Gasteiger partial charge in [-0.2, -0.15) is 13.2 Å². The lowest BCUT2D eigenvalue weighted by Gasteiger charge is -2.12. The molecule has 1 aliphatic carbocycles. The van der Waals surface area contributed by atoms with E-state index in [2.05, 4.69) is 5.32 Å². The lowest BCUT2D eigenvalue weighted by molar-refractivity contribution is -0.133. The first-order chi connectivity index (χ1) is 15.2. The van der Waals surface area contributed by atoms with Gasteiger partial charge in [-0.05, 0) is 29.8 Å². The van der Waals surface area contributed by atoms with Crippen LogP contribution < -0.4 is 10.6 Å². The summed E-state index contributed by atoms with van der Waals surface area (Å²) in [5, 5.41) is 3.68. The largest absolute Gasteiger partial charge is 0.390 e. The van der Waals surface area contributed by atoms with E-state index in [4.69, 9.17) is 34.8 Å². The van der Waals surface area contributed by atoms with Crippen molar-refractivity contribution in [2.75, 3.05) is 11.9 Å². The van der Waals surface area contributed by atoms with E-state index in [0.29, 0.717) is 11.6 Å². The predicted octanol–water partition coefficient (Wildman–Crippen LogP) is 5.97. The lowest BCUT2D eigenvalue weighted by atomic mass is 10.1. The van der Waals surface area contributed by atoms with E-state index in [1.54, 1.807) is 5.32 Å². The van der Waals surface area contributed by atoms with E-state index in [1.165, 1.54) is 12.1 Å². The third-order valence-corrected chi connectivity index (χ3v) is 6.14. The Bertz CT molecular complexity index is 1110. The molecule has 0 saturated heterocycles. The molecular formula is C20H13Cl3F6N2O2. The molecule has 1 aliphatic rings. The van der Waals surface area contributed by atoms with Crippen molar-refractivity contribution < 1.29 is 35.9 Å². The number of anilines is 1. The fourth-order valence-corrected chi connectivity index (χ4v) is 4.26. The highest BCUT2D eigenvalue weighted by Crippen LogP contribution is 2.65. The van der Waals surface area contributed by atoms with Crippen molar-refractivity contribution in [2.45, 2.75) is 22.8 Å². The molecule has 2 amide bonds. The molecule has 1 saturated carbocycles. The van der Waals surface area contributed by atoms with Crippen molar-refractivity contribution in [3.63, 3.8) is 0 Å². The number of carbonyl (C=O) groups is 2.